The smallest absolute Gasteiger partial charge is 0.270 e. The molecule has 0 aliphatic carbocycles. The summed E-state index contributed by atoms with van der Waals surface area (Å²) in [5.41, 5.74) is 7.49. The second-order valence-corrected chi connectivity index (χ2v) is 6.93. The Morgan fingerprint density at radius 1 is 1.17 bits per heavy atom. The molecule has 3 amide bonds. The van der Waals surface area contributed by atoms with Gasteiger partial charge in [0.15, 0.2) is 0 Å². The number of benzene rings is 2. The van der Waals surface area contributed by atoms with Gasteiger partial charge < -0.3 is 16.0 Å². The van der Waals surface area contributed by atoms with Gasteiger partial charge in [-0.1, -0.05) is 12.1 Å². The molecule has 9 heteroatoms. The van der Waals surface area contributed by atoms with Gasteiger partial charge in [0.1, 0.15) is 17.6 Å². The molecule has 2 aromatic rings. The molecule has 0 fully saturated rings. The molecule has 3 rings (SSSR count). The van der Waals surface area contributed by atoms with E-state index in [0.717, 1.165) is 5.56 Å². The highest BCUT2D eigenvalue weighted by atomic mass is 19.1. The zero-order valence-corrected chi connectivity index (χ0v) is 16.6. The van der Waals surface area contributed by atoms with Gasteiger partial charge in [0.25, 0.3) is 11.8 Å². The molecule has 30 heavy (non-hydrogen) atoms. The highest BCUT2D eigenvalue weighted by Crippen LogP contribution is 2.25. The maximum absolute atomic E-state index is 13.2. The quantitative estimate of drug-likeness (QED) is 0.746. The summed E-state index contributed by atoms with van der Waals surface area (Å²) >= 11 is 0. The lowest BCUT2D eigenvalue weighted by atomic mass is 10.1. The van der Waals surface area contributed by atoms with E-state index in [1.165, 1.54) is 34.2 Å². The van der Waals surface area contributed by atoms with Crippen LogP contribution in [0.1, 0.15) is 22.3 Å². The number of carbonyl (C=O) groups excluding carboxylic acids is 3. The van der Waals surface area contributed by atoms with Crippen molar-refractivity contribution >= 4 is 29.1 Å². The largest absolute Gasteiger partial charge is 0.368 e. The summed E-state index contributed by atoms with van der Waals surface area (Å²) in [6.45, 7) is 0.295. The standard InChI is InChI=1S/C21H22FN5O3/c1-24-20(29)14-5-3-13(4-6-14)12-26(2)21(30)17-11-18(19(23)28)27(25-17)16-9-7-15(22)8-10-16/h3-10,18H,11-12H2,1-2H3,(H2,23,28)(H,24,29)/t18-/m0/s1. The van der Waals surface area contributed by atoms with Crippen LogP contribution in [-0.2, 0) is 16.1 Å². The van der Waals surface area contributed by atoms with Crippen molar-refractivity contribution in [1.29, 1.82) is 0 Å². The van der Waals surface area contributed by atoms with Crippen LogP contribution in [0.3, 0.4) is 0 Å². The van der Waals surface area contributed by atoms with Gasteiger partial charge in [0, 0.05) is 32.6 Å². The maximum atomic E-state index is 13.2. The average molecular weight is 411 g/mol. The molecule has 0 radical (unpaired) electrons. The highest BCUT2D eigenvalue weighted by molar-refractivity contribution is 6.40. The number of nitrogens with two attached hydrogens (primary N) is 1. The molecular weight excluding hydrogens is 389 g/mol. The van der Waals surface area contributed by atoms with Gasteiger partial charge in [-0.25, -0.2) is 4.39 Å². The molecule has 0 saturated carbocycles. The zero-order chi connectivity index (χ0) is 21.8. The minimum Gasteiger partial charge on any atom is -0.368 e. The Hall–Kier alpha value is -3.75. The van der Waals surface area contributed by atoms with Crippen LogP contribution in [0.5, 0.6) is 0 Å². The Kier molecular flexibility index (Phi) is 6.10. The number of rotatable bonds is 6. The third-order valence-electron chi connectivity index (χ3n) is 4.79. The highest BCUT2D eigenvalue weighted by Gasteiger charge is 2.36. The van der Waals surface area contributed by atoms with Crippen LogP contribution in [0.2, 0.25) is 0 Å². The Balaban J connectivity index is 1.74. The molecule has 1 atom stereocenters. The molecule has 0 aromatic heterocycles. The number of carbonyl (C=O) groups is 3. The molecule has 156 valence electrons. The van der Waals surface area contributed by atoms with E-state index in [1.54, 1.807) is 38.4 Å². The van der Waals surface area contributed by atoms with E-state index < -0.39 is 17.8 Å². The lowest BCUT2D eigenvalue weighted by Crippen LogP contribution is -2.40. The first-order valence-electron chi connectivity index (χ1n) is 9.28. The average Bonchev–Trinajstić information content (AvgIpc) is 3.19. The van der Waals surface area contributed by atoms with Gasteiger partial charge in [-0.2, -0.15) is 5.10 Å². The second kappa shape index (κ2) is 8.73. The van der Waals surface area contributed by atoms with Gasteiger partial charge in [0.2, 0.25) is 5.91 Å². The molecule has 2 aromatic carbocycles. The fourth-order valence-electron chi connectivity index (χ4n) is 3.16. The first kappa shape index (κ1) is 21.0. The van der Waals surface area contributed by atoms with Crippen molar-refractivity contribution in [2.75, 3.05) is 19.1 Å². The Bertz CT molecular complexity index is 989. The predicted molar refractivity (Wildman–Crippen MR) is 110 cm³/mol. The van der Waals surface area contributed by atoms with E-state index in [4.69, 9.17) is 5.73 Å². The number of nitrogens with zero attached hydrogens (tertiary/aromatic N) is 3. The maximum Gasteiger partial charge on any atom is 0.270 e. The summed E-state index contributed by atoms with van der Waals surface area (Å²) in [5.74, 6) is -1.58. The second-order valence-electron chi connectivity index (χ2n) is 6.93. The lowest BCUT2D eigenvalue weighted by molar-refractivity contribution is -0.123. The fourth-order valence-corrected chi connectivity index (χ4v) is 3.16. The summed E-state index contributed by atoms with van der Waals surface area (Å²) in [6.07, 6.45) is 0.0610. The van der Waals surface area contributed by atoms with Crippen LogP contribution in [0, 0.1) is 5.82 Å². The van der Waals surface area contributed by atoms with Crippen molar-refractivity contribution in [1.82, 2.24) is 10.2 Å². The van der Waals surface area contributed by atoms with Crippen LogP contribution >= 0.6 is 0 Å². The summed E-state index contributed by atoms with van der Waals surface area (Å²) < 4.78 is 13.2. The van der Waals surface area contributed by atoms with E-state index in [1.807, 2.05) is 0 Å². The van der Waals surface area contributed by atoms with Gasteiger partial charge in [-0.3, -0.25) is 19.4 Å². The first-order chi connectivity index (χ1) is 14.3. The number of hydrazone groups is 1. The summed E-state index contributed by atoms with van der Waals surface area (Å²) in [4.78, 5) is 37.8. The molecule has 0 saturated heterocycles. The minimum atomic E-state index is -0.824. The lowest BCUT2D eigenvalue weighted by Gasteiger charge is -2.20. The van der Waals surface area contributed by atoms with Gasteiger partial charge in [-0.05, 0) is 42.0 Å². The number of hydrogen-bond donors (Lipinski definition) is 2. The van der Waals surface area contributed by atoms with Crippen LogP contribution < -0.4 is 16.1 Å². The third-order valence-corrected chi connectivity index (χ3v) is 4.79. The van der Waals surface area contributed by atoms with Crippen molar-refractivity contribution in [3.63, 3.8) is 0 Å². The Morgan fingerprint density at radius 2 is 1.80 bits per heavy atom. The zero-order valence-electron chi connectivity index (χ0n) is 16.6. The van der Waals surface area contributed by atoms with E-state index in [-0.39, 0.29) is 23.9 Å². The summed E-state index contributed by atoms with van der Waals surface area (Å²) in [6, 6.07) is 11.5. The number of amides is 3. The van der Waals surface area contributed by atoms with E-state index in [9.17, 15) is 18.8 Å². The SMILES string of the molecule is CNC(=O)c1ccc(CN(C)C(=O)C2=NN(c3ccc(F)cc3)[C@H](C(N)=O)C2)cc1. The molecule has 1 aliphatic heterocycles. The number of primary amides is 1. The van der Waals surface area contributed by atoms with Crippen LogP contribution in [-0.4, -0.2) is 48.5 Å². The topological polar surface area (TPSA) is 108 Å². The molecule has 3 N–H and O–H groups in total. The van der Waals surface area contributed by atoms with E-state index in [0.29, 0.717) is 17.8 Å². The molecule has 8 nitrogen and oxygen atoms in total. The normalized spacial score (nSPS) is 15.5. The van der Waals surface area contributed by atoms with Crippen LogP contribution in [0.4, 0.5) is 10.1 Å². The van der Waals surface area contributed by atoms with Crippen molar-refractivity contribution in [3.8, 4) is 0 Å². The minimum absolute atomic E-state index is 0.0610. The monoisotopic (exact) mass is 411 g/mol. The molecule has 1 aliphatic rings. The van der Waals surface area contributed by atoms with Crippen molar-refractivity contribution in [2.24, 2.45) is 10.8 Å². The van der Waals surface area contributed by atoms with Crippen molar-refractivity contribution in [3.05, 3.63) is 65.5 Å². The van der Waals surface area contributed by atoms with E-state index >= 15 is 0 Å². The Labute approximate surface area is 173 Å². The van der Waals surface area contributed by atoms with Gasteiger partial charge in [0.05, 0.1) is 5.69 Å². The van der Waals surface area contributed by atoms with Crippen LogP contribution in [0.15, 0.2) is 53.6 Å². The molecule has 0 bridgehead atoms. The molecular formula is C21H22FN5O3. The first-order valence-corrected chi connectivity index (χ1v) is 9.28. The molecule has 1 heterocycles. The fraction of sp³-hybridized carbons (Fsp3) is 0.238. The number of nitrogens with one attached hydrogen (secondary N) is 1. The van der Waals surface area contributed by atoms with Gasteiger partial charge in [-0.15, -0.1) is 0 Å². The molecule has 0 unspecified atom stereocenters. The van der Waals surface area contributed by atoms with E-state index in [2.05, 4.69) is 10.4 Å². The van der Waals surface area contributed by atoms with Gasteiger partial charge >= 0.3 is 0 Å². The third kappa shape index (κ3) is 4.45. The van der Waals surface area contributed by atoms with Crippen LogP contribution in [0.25, 0.3) is 0 Å². The van der Waals surface area contributed by atoms with Crippen molar-refractivity contribution in [2.45, 2.75) is 19.0 Å². The number of anilines is 1. The number of hydrogen-bond acceptors (Lipinski definition) is 5. The summed E-state index contributed by atoms with van der Waals surface area (Å²) in [5, 5.41) is 8.18. The molecule has 0 spiro atoms. The van der Waals surface area contributed by atoms with Crippen molar-refractivity contribution < 1.29 is 18.8 Å². The Morgan fingerprint density at radius 3 is 2.37 bits per heavy atom. The summed E-state index contributed by atoms with van der Waals surface area (Å²) in [7, 11) is 3.18. The number of halogens is 1. The predicted octanol–water partition coefficient (Wildman–Crippen LogP) is 1.26.